The van der Waals surface area contributed by atoms with E-state index in [1.54, 1.807) is 0 Å². The molecule has 0 saturated carbocycles. The van der Waals surface area contributed by atoms with Crippen LogP contribution in [0.2, 0.25) is 0 Å². The largest absolute Gasteiger partial charge is 0.396 e. The smallest absolute Gasteiger partial charge is 0.0877 e. The van der Waals surface area contributed by atoms with Gasteiger partial charge in [0.15, 0.2) is 0 Å². The van der Waals surface area contributed by atoms with Crippen LogP contribution in [0.25, 0.3) is 0 Å². The molecular weight excluding hydrogens is 212 g/mol. The number of fused-ring (bicyclic) bond motifs is 1. The van der Waals surface area contributed by atoms with Gasteiger partial charge in [0.05, 0.1) is 12.7 Å². The molecule has 1 aromatic carbocycles. The van der Waals surface area contributed by atoms with Crippen molar-refractivity contribution in [1.82, 2.24) is 0 Å². The number of hydrogen-bond acceptors (Lipinski definition) is 2. The fourth-order valence-electron chi connectivity index (χ4n) is 2.81. The van der Waals surface area contributed by atoms with E-state index < -0.39 is 0 Å². The van der Waals surface area contributed by atoms with E-state index in [2.05, 4.69) is 32.0 Å². The predicted molar refractivity (Wildman–Crippen MR) is 69.1 cm³/mol. The molecule has 0 bridgehead atoms. The lowest BCUT2D eigenvalue weighted by Gasteiger charge is -2.32. The molecule has 2 rings (SSSR count). The molecule has 2 nitrogen and oxygen atoms in total. The monoisotopic (exact) mass is 234 g/mol. The van der Waals surface area contributed by atoms with Crippen LogP contribution < -0.4 is 0 Å². The van der Waals surface area contributed by atoms with Crippen LogP contribution in [0.5, 0.6) is 0 Å². The van der Waals surface area contributed by atoms with Gasteiger partial charge in [-0.2, -0.15) is 0 Å². The average Bonchev–Trinajstić information content (AvgIpc) is 2.36. The maximum Gasteiger partial charge on any atom is 0.0877 e. The maximum absolute atomic E-state index is 9.52. The Balaban J connectivity index is 2.30. The van der Waals surface area contributed by atoms with Gasteiger partial charge in [-0.1, -0.05) is 31.5 Å². The third-order valence-corrected chi connectivity index (χ3v) is 3.72. The van der Waals surface area contributed by atoms with E-state index in [-0.39, 0.29) is 18.6 Å². The second-order valence-electron chi connectivity index (χ2n) is 4.92. The minimum Gasteiger partial charge on any atom is -0.396 e. The predicted octanol–water partition coefficient (Wildman–Crippen LogP) is 3.02. The zero-order valence-corrected chi connectivity index (χ0v) is 10.8. The number of ether oxygens (including phenoxy) is 1. The second kappa shape index (κ2) is 5.65. The fourth-order valence-corrected chi connectivity index (χ4v) is 2.81. The summed E-state index contributed by atoms with van der Waals surface area (Å²) in [5.74, 6) is 0.237. The summed E-state index contributed by atoms with van der Waals surface area (Å²) in [5, 5.41) is 9.52. The Labute approximate surface area is 104 Å². The Morgan fingerprint density at radius 3 is 3.00 bits per heavy atom. The number of aliphatic hydroxyl groups is 1. The van der Waals surface area contributed by atoms with E-state index in [1.165, 1.54) is 16.7 Å². The van der Waals surface area contributed by atoms with Crippen molar-refractivity contribution in [1.29, 1.82) is 0 Å². The number of rotatable bonds is 4. The molecule has 1 aliphatic rings. The van der Waals surface area contributed by atoms with Gasteiger partial charge >= 0.3 is 0 Å². The molecule has 1 aromatic rings. The van der Waals surface area contributed by atoms with Gasteiger partial charge in [0.25, 0.3) is 0 Å². The first-order chi connectivity index (χ1) is 8.27. The normalized spacial score (nSPS) is 21.0. The lowest BCUT2D eigenvalue weighted by Crippen LogP contribution is -2.26. The van der Waals surface area contributed by atoms with E-state index >= 15 is 0 Å². The van der Waals surface area contributed by atoms with Crippen LogP contribution in [0.1, 0.15) is 42.6 Å². The SMILES string of the molecule is CCCC(CO)C1OCCc2c(C)cccc21. The molecule has 0 aromatic heterocycles. The van der Waals surface area contributed by atoms with Crippen molar-refractivity contribution in [3.8, 4) is 0 Å². The highest BCUT2D eigenvalue weighted by molar-refractivity contribution is 5.37. The molecule has 94 valence electrons. The highest BCUT2D eigenvalue weighted by atomic mass is 16.5. The zero-order chi connectivity index (χ0) is 12.3. The van der Waals surface area contributed by atoms with Crippen molar-refractivity contribution in [2.75, 3.05) is 13.2 Å². The molecule has 17 heavy (non-hydrogen) atoms. The van der Waals surface area contributed by atoms with Crippen molar-refractivity contribution < 1.29 is 9.84 Å². The third-order valence-electron chi connectivity index (χ3n) is 3.72. The maximum atomic E-state index is 9.52. The molecule has 1 N–H and O–H groups in total. The van der Waals surface area contributed by atoms with Crippen molar-refractivity contribution in [2.24, 2.45) is 5.92 Å². The van der Waals surface area contributed by atoms with Gasteiger partial charge in [-0.05, 0) is 36.5 Å². The van der Waals surface area contributed by atoms with E-state index in [4.69, 9.17) is 4.74 Å². The standard InChI is InChI=1S/C15H22O2/c1-3-5-12(10-16)15-14-7-4-6-11(2)13(14)8-9-17-15/h4,6-7,12,15-16H,3,5,8-10H2,1-2H3. The van der Waals surface area contributed by atoms with Gasteiger partial charge < -0.3 is 9.84 Å². The summed E-state index contributed by atoms with van der Waals surface area (Å²) in [5.41, 5.74) is 4.08. The summed E-state index contributed by atoms with van der Waals surface area (Å²) >= 11 is 0. The number of aryl methyl sites for hydroxylation is 1. The summed E-state index contributed by atoms with van der Waals surface area (Å²) in [6.07, 6.45) is 3.20. The van der Waals surface area contributed by atoms with Gasteiger partial charge in [0.2, 0.25) is 0 Å². The van der Waals surface area contributed by atoms with Gasteiger partial charge in [-0.3, -0.25) is 0 Å². The van der Waals surface area contributed by atoms with E-state index in [1.807, 2.05) is 0 Å². The van der Waals surface area contributed by atoms with Gasteiger partial charge in [-0.15, -0.1) is 0 Å². The topological polar surface area (TPSA) is 29.5 Å². The van der Waals surface area contributed by atoms with Crippen LogP contribution in [-0.4, -0.2) is 18.3 Å². The summed E-state index contributed by atoms with van der Waals surface area (Å²) in [7, 11) is 0. The quantitative estimate of drug-likeness (QED) is 0.867. The molecule has 0 spiro atoms. The van der Waals surface area contributed by atoms with Gasteiger partial charge in [0.1, 0.15) is 0 Å². The molecule has 2 unspecified atom stereocenters. The summed E-state index contributed by atoms with van der Waals surface area (Å²) in [6, 6.07) is 6.41. The number of aliphatic hydroxyl groups excluding tert-OH is 1. The molecule has 2 atom stereocenters. The number of benzene rings is 1. The van der Waals surface area contributed by atoms with Crippen molar-refractivity contribution in [2.45, 2.75) is 39.2 Å². The molecule has 2 heteroatoms. The Hall–Kier alpha value is -0.860. The van der Waals surface area contributed by atoms with Crippen LogP contribution in [-0.2, 0) is 11.2 Å². The lowest BCUT2D eigenvalue weighted by atomic mass is 9.85. The van der Waals surface area contributed by atoms with Crippen LogP contribution in [0.4, 0.5) is 0 Å². The molecule has 0 radical (unpaired) electrons. The Bertz CT molecular complexity index is 373. The van der Waals surface area contributed by atoms with E-state index in [0.717, 1.165) is 25.9 Å². The van der Waals surface area contributed by atoms with E-state index in [9.17, 15) is 5.11 Å². The minimum absolute atomic E-state index is 0.0867. The van der Waals surface area contributed by atoms with Crippen molar-refractivity contribution in [3.63, 3.8) is 0 Å². The summed E-state index contributed by atoms with van der Waals surface area (Å²) < 4.78 is 5.90. The first-order valence-corrected chi connectivity index (χ1v) is 6.58. The van der Waals surface area contributed by atoms with Crippen LogP contribution >= 0.6 is 0 Å². The molecule has 0 aliphatic carbocycles. The molecule has 0 saturated heterocycles. The summed E-state index contributed by atoms with van der Waals surface area (Å²) in [4.78, 5) is 0. The average molecular weight is 234 g/mol. The third kappa shape index (κ3) is 2.53. The molecule has 1 aliphatic heterocycles. The highest BCUT2D eigenvalue weighted by Gasteiger charge is 2.28. The van der Waals surface area contributed by atoms with Crippen LogP contribution in [0.3, 0.4) is 0 Å². The minimum atomic E-state index is 0.0867. The van der Waals surface area contributed by atoms with Crippen molar-refractivity contribution in [3.05, 3.63) is 34.9 Å². The van der Waals surface area contributed by atoms with Gasteiger partial charge in [-0.25, -0.2) is 0 Å². The number of hydrogen-bond donors (Lipinski definition) is 1. The fraction of sp³-hybridized carbons (Fsp3) is 0.600. The zero-order valence-electron chi connectivity index (χ0n) is 10.8. The van der Waals surface area contributed by atoms with Crippen LogP contribution in [0.15, 0.2) is 18.2 Å². The Morgan fingerprint density at radius 2 is 2.29 bits per heavy atom. The first-order valence-electron chi connectivity index (χ1n) is 6.58. The Morgan fingerprint density at radius 1 is 1.47 bits per heavy atom. The summed E-state index contributed by atoms with van der Waals surface area (Å²) in [6.45, 7) is 5.31. The van der Waals surface area contributed by atoms with Crippen molar-refractivity contribution >= 4 is 0 Å². The molecule has 0 amide bonds. The van der Waals surface area contributed by atoms with Gasteiger partial charge in [0, 0.05) is 12.5 Å². The first kappa shape index (κ1) is 12.6. The second-order valence-corrected chi connectivity index (χ2v) is 4.92. The Kier molecular flexibility index (Phi) is 4.19. The van der Waals surface area contributed by atoms with E-state index in [0.29, 0.717) is 0 Å². The van der Waals surface area contributed by atoms with Crippen LogP contribution in [0, 0.1) is 12.8 Å². The molecule has 0 fully saturated rings. The molecule has 1 heterocycles. The highest BCUT2D eigenvalue weighted by Crippen LogP contribution is 2.36. The molecular formula is C15H22O2. The lowest BCUT2D eigenvalue weighted by molar-refractivity contribution is -0.0197.